The molecule has 1 N–H and O–H groups in total. The zero-order valence-electron chi connectivity index (χ0n) is 17.6. The zero-order valence-corrected chi connectivity index (χ0v) is 19.2. The topological polar surface area (TPSA) is 75.2 Å². The fraction of sp³-hybridized carbons (Fsp3) is 0.364. The minimum absolute atomic E-state index is 0.203. The van der Waals surface area contributed by atoms with Gasteiger partial charge in [-0.2, -0.15) is 0 Å². The van der Waals surface area contributed by atoms with Crippen molar-refractivity contribution in [3.63, 3.8) is 0 Å². The van der Waals surface area contributed by atoms with Crippen LogP contribution in [-0.4, -0.2) is 38.4 Å². The fourth-order valence-electron chi connectivity index (χ4n) is 3.18. The number of nitrogens with zero attached hydrogens (tertiary/aromatic N) is 3. The number of aromatic nitrogens is 2. The van der Waals surface area contributed by atoms with E-state index in [-0.39, 0.29) is 17.5 Å². The Balaban J connectivity index is 1.95. The summed E-state index contributed by atoms with van der Waals surface area (Å²) < 4.78 is 3.83. The van der Waals surface area contributed by atoms with Gasteiger partial charge in [0.05, 0.1) is 0 Å². The molecule has 0 fully saturated rings. The molecule has 0 aliphatic carbocycles. The van der Waals surface area contributed by atoms with Crippen LogP contribution in [0.5, 0.6) is 0 Å². The van der Waals surface area contributed by atoms with Gasteiger partial charge in [0, 0.05) is 22.3 Å². The summed E-state index contributed by atoms with van der Waals surface area (Å²) in [5.41, 5.74) is 2.12. The normalized spacial score (nSPS) is 12.4. The Hall–Kier alpha value is -2.58. The van der Waals surface area contributed by atoms with Gasteiger partial charge in [-0.25, -0.2) is 0 Å². The lowest BCUT2D eigenvalue weighted by molar-refractivity contribution is -0.127. The molecule has 8 heteroatoms. The smallest absolute Gasteiger partial charge is 0.276 e. The van der Waals surface area contributed by atoms with Gasteiger partial charge in [-0.15, -0.1) is 16.4 Å². The standard InChI is InChI=1S/C22H26N4O2S2/c1-15-7-5-8-16(13-15)10-11-26(21(28)17-14-30-25-24-17)19(18-9-6-12-29-18)20(27)23-22(2,3)4/h5-9,12-14,19H,10-11H2,1-4H3,(H,23,27)/t19-/m0/s1. The fourth-order valence-corrected chi connectivity index (χ4v) is 4.44. The molecule has 0 saturated heterocycles. The van der Waals surface area contributed by atoms with Crippen molar-refractivity contribution in [2.24, 2.45) is 0 Å². The van der Waals surface area contributed by atoms with Crippen LogP contribution < -0.4 is 5.32 Å². The molecule has 0 spiro atoms. The van der Waals surface area contributed by atoms with Crippen molar-refractivity contribution < 1.29 is 9.59 Å². The number of aryl methyl sites for hydroxylation is 1. The maximum atomic E-state index is 13.4. The highest BCUT2D eigenvalue weighted by atomic mass is 32.1. The molecule has 0 radical (unpaired) electrons. The van der Waals surface area contributed by atoms with Crippen LogP contribution in [0.1, 0.15) is 53.3 Å². The Kier molecular flexibility index (Phi) is 6.99. The Morgan fingerprint density at radius 1 is 1.20 bits per heavy atom. The molecule has 1 atom stereocenters. The van der Waals surface area contributed by atoms with Crippen LogP contribution in [0.2, 0.25) is 0 Å². The average Bonchev–Trinajstić information content (AvgIpc) is 3.37. The third kappa shape index (κ3) is 5.73. The predicted molar refractivity (Wildman–Crippen MR) is 121 cm³/mol. The molecule has 6 nitrogen and oxygen atoms in total. The number of benzene rings is 1. The van der Waals surface area contributed by atoms with E-state index in [0.29, 0.717) is 13.0 Å². The summed E-state index contributed by atoms with van der Waals surface area (Å²) in [7, 11) is 0. The molecule has 30 heavy (non-hydrogen) atoms. The highest BCUT2D eigenvalue weighted by Gasteiger charge is 2.35. The molecule has 2 amide bonds. The molecule has 158 valence electrons. The lowest BCUT2D eigenvalue weighted by Crippen LogP contribution is -2.49. The number of thiophene rings is 1. The molecule has 3 aromatic rings. The average molecular weight is 443 g/mol. The minimum Gasteiger partial charge on any atom is -0.349 e. The van der Waals surface area contributed by atoms with E-state index >= 15 is 0 Å². The van der Waals surface area contributed by atoms with E-state index in [9.17, 15) is 9.59 Å². The van der Waals surface area contributed by atoms with Gasteiger partial charge in [-0.05, 0) is 62.7 Å². The lowest BCUT2D eigenvalue weighted by Gasteiger charge is -2.32. The molecule has 0 unspecified atom stereocenters. The van der Waals surface area contributed by atoms with E-state index in [2.05, 4.69) is 21.0 Å². The maximum Gasteiger partial charge on any atom is 0.276 e. The summed E-state index contributed by atoms with van der Waals surface area (Å²) in [6.07, 6.45) is 0.635. The van der Waals surface area contributed by atoms with E-state index in [1.165, 1.54) is 11.3 Å². The van der Waals surface area contributed by atoms with E-state index < -0.39 is 11.6 Å². The number of carbonyl (C=O) groups is 2. The van der Waals surface area contributed by atoms with Crippen molar-refractivity contribution in [1.29, 1.82) is 0 Å². The van der Waals surface area contributed by atoms with Crippen molar-refractivity contribution in [1.82, 2.24) is 19.8 Å². The van der Waals surface area contributed by atoms with Crippen LogP contribution in [0.4, 0.5) is 0 Å². The Morgan fingerprint density at radius 2 is 2.00 bits per heavy atom. The molecule has 0 aliphatic rings. The summed E-state index contributed by atoms with van der Waals surface area (Å²) >= 11 is 2.59. The summed E-state index contributed by atoms with van der Waals surface area (Å²) in [6.45, 7) is 8.22. The van der Waals surface area contributed by atoms with Crippen LogP contribution in [0.3, 0.4) is 0 Å². The molecule has 0 bridgehead atoms. The number of carbonyl (C=O) groups excluding carboxylic acids is 2. The van der Waals surface area contributed by atoms with Gasteiger partial charge >= 0.3 is 0 Å². The highest BCUT2D eigenvalue weighted by molar-refractivity contribution is 7.10. The second-order valence-electron chi connectivity index (χ2n) is 8.18. The SMILES string of the molecule is Cc1cccc(CCN(C(=O)c2csnn2)[C@H](C(=O)NC(C)(C)C)c2cccs2)c1. The van der Waals surface area contributed by atoms with Gasteiger partial charge in [0.25, 0.3) is 5.91 Å². The van der Waals surface area contributed by atoms with Gasteiger partial charge in [-0.1, -0.05) is 40.4 Å². The van der Waals surface area contributed by atoms with Gasteiger partial charge < -0.3 is 10.2 Å². The molecule has 2 heterocycles. The second-order valence-corrected chi connectivity index (χ2v) is 9.77. The first-order chi connectivity index (χ1) is 14.2. The Morgan fingerprint density at radius 3 is 2.60 bits per heavy atom. The number of hydrogen-bond acceptors (Lipinski definition) is 6. The van der Waals surface area contributed by atoms with Crippen LogP contribution in [0.15, 0.2) is 47.2 Å². The van der Waals surface area contributed by atoms with E-state index in [4.69, 9.17) is 0 Å². The first kappa shape index (κ1) is 22.1. The van der Waals surface area contributed by atoms with E-state index in [0.717, 1.165) is 27.5 Å². The first-order valence-electron chi connectivity index (χ1n) is 9.73. The zero-order chi connectivity index (χ0) is 21.7. The number of hydrogen-bond donors (Lipinski definition) is 1. The van der Waals surface area contributed by atoms with Crippen molar-refractivity contribution >= 4 is 34.7 Å². The molecule has 3 rings (SSSR count). The van der Waals surface area contributed by atoms with Crippen LogP contribution in [0, 0.1) is 6.92 Å². The van der Waals surface area contributed by atoms with Crippen molar-refractivity contribution in [3.8, 4) is 0 Å². The summed E-state index contributed by atoms with van der Waals surface area (Å²) in [4.78, 5) is 29.1. The largest absolute Gasteiger partial charge is 0.349 e. The Bertz CT molecular complexity index is 979. The maximum absolute atomic E-state index is 13.4. The molecule has 0 aliphatic heterocycles. The monoisotopic (exact) mass is 442 g/mol. The summed E-state index contributed by atoms with van der Waals surface area (Å²) in [5.74, 6) is -0.496. The predicted octanol–water partition coefficient (Wildman–Crippen LogP) is 4.25. The van der Waals surface area contributed by atoms with Crippen LogP contribution in [-0.2, 0) is 11.2 Å². The van der Waals surface area contributed by atoms with Crippen LogP contribution in [0.25, 0.3) is 0 Å². The van der Waals surface area contributed by atoms with Gasteiger partial charge in [0.15, 0.2) is 5.69 Å². The minimum atomic E-state index is -0.733. The molecular weight excluding hydrogens is 416 g/mol. The van der Waals surface area contributed by atoms with E-state index in [1.54, 1.807) is 10.3 Å². The second kappa shape index (κ2) is 9.49. The van der Waals surface area contributed by atoms with Crippen molar-refractivity contribution in [3.05, 3.63) is 68.9 Å². The van der Waals surface area contributed by atoms with Crippen LogP contribution >= 0.6 is 22.9 Å². The van der Waals surface area contributed by atoms with Crippen molar-refractivity contribution in [2.45, 2.75) is 45.7 Å². The molecule has 0 saturated carbocycles. The van der Waals surface area contributed by atoms with Gasteiger partial charge in [0.2, 0.25) is 5.91 Å². The highest BCUT2D eigenvalue weighted by Crippen LogP contribution is 2.28. The van der Waals surface area contributed by atoms with Crippen molar-refractivity contribution in [2.75, 3.05) is 6.54 Å². The first-order valence-corrected chi connectivity index (χ1v) is 11.5. The third-order valence-corrected chi connectivity index (χ3v) is 5.86. The molecule has 1 aromatic carbocycles. The lowest BCUT2D eigenvalue weighted by atomic mass is 10.0. The summed E-state index contributed by atoms with van der Waals surface area (Å²) in [6, 6.07) is 11.2. The van der Waals surface area contributed by atoms with E-state index in [1.807, 2.05) is 63.4 Å². The number of amides is 2. The number of rotatable bonds is 7. The quantitative estimate of drug-likeness (QED) is 0.594. The molecular formula is C22H26N4O2S2. The van der Waals surface area contributed by atoms with Gasteiger partial charge in [-0.3, -0.25) is 9.59 Å². The summed E-state index contributed by atoms with van der Waals surface area (Å²) in [5, 5.41) is 10.5. The van der Waals surface area contributed by atoms with Gasteiger partial charge in [0.1, 0.15) is 6.04 Å². The Labute approximate surface area is 185 Å². The number of nitrogens with one attached hydrogen (secondary N) is 1. The third-order valence-electron chi connectivity index (χ3n) is 4.43. The molecule has 2 aromatic heterocycles.